The highest BCUT2D eigenvalue weighted by atomic mass is 32.2. The van der Waals surface area contributed by atoms with E-state index in [1.807, 2.05) is 25.1 Å². The molecule has 4 aromatic rings. The molecule has 0 spiro atoms. The average Bonchev–Trinajstić information content (AvgIpc) is 3.84. The molecule has 0 amide bonds. The van der Waals surface area contributed by atoms with E-state index in [-0.39, 0.29) is 17.5 Å². The minimum absolute atomic E-state index is 0.0386. The van der Waals surface area contributed by atoms with Crippen LogP contribution in [0.15, 0.2) is 65.6 Å². The monoisotopic (exact) mass is 532 g/mol. The number of halogens is 1. The maximum atomic E-state index is 15.1. The Morgan fingerprint density at radius 3 is 2.37 bits per heavy atom. The second-order valence-electron chi connectivity index (χ2n) is 10.0. The van der Waals surface area contributed by atoms with Crippen molar-refractivity contribution in [1.29, 1.82) is 0 Å². The van der Waals surface area contributed by atoms with Crippen LogP contribution in [0, 0.1) is 12.7 Å². The minimum Gasteiger partial charge on any atom is -0.497 e. The third-order valence-electron chi connectivity index (χ3n) is 7.05. The van der Waals surface area contributed by atoms with E-state index in [9.17, 15) is 8.42 Å². The van der Waals surface area contributed by atoms with Crippen LogP contribution in [0.25, 0.3) is 22.0 Å². The molecule has 1 heterocycles. The number of anilines is 1. The van der Waals surface area contributed by atoms with E-state index in [4.69, 9.17) is 4.74 Å². The van der Waals surface area contributed by atoms with Gasteiger partial charge in [-0.15, -0.1) is 0 Å². The Hall–Kier alpha value is -3.56. The van der Waals surface area contributed by atoms with Gasteiger partial charge in [0.15, 0.2) is 0 Å². The third-order valence-corrected chi connectivity index (χ3v) is 8.96. The molecule has 2 saturated carbocycles. The smallest absolute Gasteiger partial charge is 0.243 e. The molecule has 0 bridgehead atoms. The Morgan fingerprint density at radius 2 is 1.68 bits per heavy atom. The lowest BCUT2D eigenvalue weighted by Gasteiger charge is -2.23. The fraction of sp³-hybridized carbons (Fsp3) is 0.310. The Labute approximate surface area is 221 Å². The van der Waals surface area contributed by atoms with Gasteiger partial charge in [-0.3, -0.25) is 0 Å². The predicted octanol–water partition coefficient (Wildman–Crippen LogP) is 5.68. The summed E-state index contributed by atoms with van der Waals surface area (Å²) in [4.78, 5) is 9.36. The molecule has 196 valence electrons. The maximum absolute atomic E-state index is 15.1. The fourth-order valence-electron chi connectivity index (χ4n) is 4.65. The van der Waals surface area contributed by atoms with Crippen molar-refractivity contribution >= 4 is 26.7 Å². The van der Waals surface area contributed by atoms with E-state index >= 15 is 4.39 Å². The number of aromatic nitrogens is 2. The molecule has 2 fully saturated rings. The summed E-state index contributed by atoms with van der Waals surface area (Å²) in [6.45, 7) is 1.84. The standard InChI is InChI=1S/C29H29FN4O3S/c1-18-31-28-14-4-20(16-26(28)29(32-18)33-22-5-6-22)19-3-13-27(30)21(15-19)17-34(23-7-8-23)38(35,36)25-11-9-24(37-2)10-12-25/h3-4,9-16,22-23H,5-8,17H2,1-2H3,(H,31,32,33). The molecule has 1 aromatic heterocycles. The van der Waals surface area contributed by atoms with Crippen molar-refractivity contribution in [1.82, 2.24) is 14.3 Å². The van der Waals surface area contributed by atoms with Gasteiger partial charge in [0.05, 0.1) is 17.5 Å². The molecule has 2 aliphatic carbocycles. The van der Waals surface area contributed by atoms with E-state index in [2.05, 4.69) is 15.3 Å². The van der Waals surface area contributed by atoms with Gasteiger partial charge in [0.2, 0.25) is 10.0 Å². The molecule has 6 rings (SSSR count). The Bertz CT molecular complexity index is 1620. The quantitative estimate of drug-likeness (QED) is 0.299. The maximum Gasteiger partial charge on any atom is 0.243 e. The van der Waals surface area contributed by atoms with Crippen LogP contribution in [0.1, 0.15) is 37.1 Å². The van der Waals surface area contributed by atoms with Crippen LogP contribution in [-0.4, -0.2) is 41.9 Å². The Morgan fingerprint density at radius 1 is 0.974 bits per heavy atom. The van der Waals surface area contributed by atoms with Crippen LogP contribution in [-0.2, 0) is 16.6 Å². The number of sulfonamides is 1. The number of hydrogen-bond acceptors (Lipinski definition) is 6. The zero-order chi connectivity index (χ0) is 26.4. The lowest BCUT2D eigenvalue weighted by atomic mass is 10.0. The first-order valence-electron chi connectivity index (χ1n) is 12.8. The molecule has 1 N–H and O–H groups in total. The first kappa shape index (κ1) is 24.8. The minimum atomic E-state index is -3.81. The van der Waals surface area contributed by atoms with Crippen molar-refractivity contribution in [2.75, 3.05) is 12.4 Å². The molecular weight excluding hydrogens is 503 g/mol. The van der Waals surface area contributed by atoms with Gasteiger partial charge in [-0.1, -0.05) is 12.1 Å². The summed E-state index contributed by atoms with van der Waals surface area (Å²) in [6, 6.07) is 17.4. The predicted molar refractivity (Wildman–Crippen MR) is 145 cm³/mol. The Balaban J connectivity index is 1.34. The number of benzene rings is 3. The summed E-state index contributed by atoms with van der Waals surface area (Å²) < 4.78 is 48.7. The summed E-state index contributed by atoms with van der Waals surface area (Å²) in [5, 5.41) is 4.40. The number of ether oxygens (including phenoxy) is 1. The van der Waals surface area contributed by atoms with Crippen molar-refractivity contribution in [2.24, 2.45) is 0 Å². The molecule has 2 aliphatic rings. The third kappa shape index (κ3) is 4.96. The van der Waals surface area contributed by atoms with Gasteiger partial charge in [0.25, 0.3) is 0 Å². The van der Waals surface area contributed by atoms with Crippen molar-refractivity contribution < 1.29 is 17.5 Å². The number of rotatable bonds is 9. The number of methoxy groups -OCH3 is 1. The number of nitrogens with zero attached hydrogens (tertiary/aromatic N) is 3. The molecular formula is C29H29FN4O3S. The average molecular weight is 533 g/mol. The van der Waals surface area contributed by atoms with Gasteiger partial charge in [-0.2, -0.15) is 4.31 Å². The van der Waals surface area contributed by atoms with E-state index < -0.39 is 15.8 Å². The lowest BCUT2D eigenvalue weighted by Crippen LogP contribution is -2.33. The first-order chi connectivity index (χ1) is 18.3. The highest BCUT2D eigenvalue weighted by Crippen LogP contribution is 2.36. The summed E-state index contributed by atoms with van der Waals surface area (Å²) >= 11 is 0. The molecule has 38 heavy (non-hydrogen) atoms. The topological polar surface area (TPSA) is 84.4 Å². The normalized spacial score (nSPS) is 15.7. The van der Waals surface area contributed by atoms with Crippen molar-refractivity contribution in [2.45, 2.75) is 56.1 Å². The van der Waals surface area contributed by atoms with E-state index in [0.717, 1.165) is 53.5 Å². The van der Waals surface area contributed by atoms with E-state index in [0.29, 0.717) is 23.2 Å². The zero-order valence-corrected chi connectivity index (χ0v) is 22.1. The lowest BCUT2D eigenvalue weighted by molar-refractivity contribution is 0.391. The van der Waals surface area contributed by atoms with Crippen molar-refractivity contribution in [3.8, 4) is 16.9 Å². The van der Waals surface area contributed by atoms with Crippen LogP contribution in [0.4, 0.5) is 10.2 Å². The van der Waals surface area contributed by atoms with Gasteiger partial charge in [0, 0.05) is 29.6 Å². The molecule has 3 aromatic carbocycles. The van der Waals surface area contributed by atoms with Crippen LogP contribution in [0.3, 0.4) is 0 Å². The highest BCUT2D eigenvalue weighted by molar-refractivity contribution is 7.89. The molecule has 7 nitrogen and oxygen atoms in total. The van der Waals surface area contributed by atoms with Crippen molar-refractivity contribution in [3.05, 3.63) is 77.9 Å². The van der Waals surface area contributed by atoms with Crippen LogP contribution < -0.4 is 10.1 Å². The molecule has 0 unspecified atom stereocenters. The van der Waals surface area contributed by atoms with Gasteiger partial charge in [-0.05, 0) is 92.3 Å². The second kappa shape index (κ2) is 9.63. The van der Waals surface area contributed by atoms with Crippen LogP contribution >= 0.6 is 0 Å². The molecule has 0 aliphatic heterocycles. The van der Waals surface area contributed by atoms with Crippen LogP contribution in [0.5, 0.6) is 5.75 Å². The summed E-state index contributed by atoms with van der Waals surface area (Å²) in [7, 11) is -2.28. The molecule has 0 radical (unpaired) electrons. The van der Waals surface area contributed by atoms with Gasteiger partial charge in [-0.25, -0.2) is 22.8 Å². The van der Waals surface area contributed by atoms with Crippen molar-refractivity contribution in [3.63, 3.8) is 0 Å². The van der Waals surface area contributed by atoms with E-state index in [1.54, 1.807) is 24.3 Å². The number of fused-ring (bicyclic) bond motifs is 1. The summed E-state index contributed by atoms with van der Waals surface area (Å²) in [5.74, 6) is 1.66. The molecule has 9 heteroatoms. The largest absolute Gasteiger partial charge is 0.497 e. The molecule has 0 saturated heterocycles. The van der Waals surface area contributed by atoms with Crippen LogP contribution in [0.2, 0.25) is 0 Å². The SMILES string of the molecule is COc1ccc(S(=O)(=O)N(Cc2cc(-c3ccc4nc(C)nc(NC5CC5)c4c3)ccc2F)C2CC2)cc1. The highest BCUT2D eigenvalue weighted by Gasteiger charge is 2.38. The second-order valence-corrected chi connectivity index (χ2v) is 11.9. The number of aryl methyl sites for hydroxylation is 1. The van der Waals surface area contributed by atoms with Gasteiger partial charge < -0.3 is 10.1 Å². The summed E-state index contributed by atoms with van der Waals surface area (Å²) in [5.41, 5.74) is 2.88. The Kier molecular flexibility index (Phi) is 6.28. The summed E-state index contributed by atoms with van der Waals surface area (Å²) in [6.07, 6.45) is 3.78. The molecule has 0 atom stereocenters. The number of nitrogens with one attached hydrogen (secondary N) is 1. The van der Waals surface area contributed by atoms with Gasteiger partial charge >= 0.3 is 0 Å². The van der Waals surface area contributed by atoms with E-state index in [1.165, 1.54) is 29.6 Å². The van der Waals surface area contributed by atoms with Gasteiger partial charge in [0.1, 0.15) is 23.2 Å². The zero-order valence-electron chi connectivity index (χ0n) is 21.3. The fourth-order valence-corrected chi connectivity index (χ4v) is 6.32. The first-order valence-corrected chi connectivity index (χ1v) is 14.3. The number of hydrogen-bond donors (Lipinski definition) is 1.